The van der Waals surface area contributed by atoms with Crippen molar-refractivity contribution in [3.05, 3.63) is 65.9 Å². The van der Waals surface area contributed by atoms with E-state index in [0.29, 0.717) is 18.4 Å². The van der Waals surface area contributed by atoms with E-state index in [2.05, 4.69) is 35.5 Å². The van der Waals surface area contributed by atoms with Crippen LogP contribution in [0.15, 0.2) is 59.1 Å². The minimum atomic E-state index is 0.118. The number of para-hydroxylation sites is 1. The minimum absolute atomic E-state index is 0.118. The van der Waals surface area contributed by atoms with Crippen LogP contribution in [0.5, 0.6) is 0 Å². The molecule has 1 heterocycles. The van der Waals surface area contributed by atoms with Gasteiger partial charge in [0.25, 0.3) is 0 Å². The largest absolute Gasteiger partial charge is 0.356 e. The van der Waals surface area contributed by atoms with Crippen LogP contribution in [0.3, 0.4) is 0 Å². The van der Waals surface area contributed by atoms with E-state index in [-0.39, 0.29) is 5.91 Å². The number of carbonyl (C=O) groups excluding carboxylic acids is 1. The highest BCUT2D eigenvalue weighted by Gasteiger charge is 2.27. The predicted octanol–water partition coefficient (Wildman–Crippen LogP) is 4.56. The summed E-state index contributed by atoms with van der Waals surface area (Å²) in [6.07, 6.45) is 4.69. The van der Waals surface area contributed by atoms with E-state index < -0.39 is 0 Å². The van der Waals surface area contributed by atoms with Gasteiger partial charge in [-0.1, -0.05) is 47.6 Å². The van der Waals surface area contributed by atoms with Crippen molar-refractivity contribution in [2.45, 2.75) is 44.1 Å². The molecule has 1 aliphatic rings. The summed E-state index contributed by atoms with van der Waals surface area (Å²) in [5.41, 5.74) is 2.89. The lowest BCUT2D eigenvalue weighted by Gasteiger charge is -2.35. The number of carbonyl (C=O) groups is 1. The van der Waals surface area contributed by atoms with Crippen LogP contribution in [0, 0.1) is 0 Å². The molecule has 0 unspecified atom stereocenters. The van der Waals surface area contributed by atoms with Crippen LogP contribution >= 0.6 is 0 Å². The molecule has 0 atom stereocenters. The summed E-state index contributed by atoms with van der Waals surface area (Å²) in [6.45, 7) is 0. The maximum absolute atomic E-state index is 12.7. The molecule has 4 heteroatoms. The summed E-state index contributed by atoms with van der Waals surface area (Å²) in [4.78, 5) is 14.7. The van der Waals surface area contributed by atoms with Crippen LogP contribution in [0.25, 0.3) is 11.0 Å². The highest BCUT2D eigenvalue weighted by atomic mass is 16.5. The molecule has 0 aliphatic heterocycles. The second-order valence-electron chi connectivity index (χ2n) is 7.22. The molecule has 1 amide bonds. The van der Waals surface area contributed by atoms with E-state index >= 15 is 0 Å². The zero-order valence-corrected chi connectivity index (χ0v) is 15.1. The van der Waals surface area contributed by atoms with Gasteiger partial charge in [-0.05, 0) is 49.3 Å². The summed E-state index contributed by atoms with van der Waals surface area (Å²) >= 11 is 0. The van der Waals surface area contributed by atoms with Gasteiger partial charge in [0.1, 0.15) is 5.69 Å². The summed E-state index contributed by atoms with van der Waals surface area (Å²) in [7, 11) is 1.93. The molecule has 4 rings (SSSR count). The quantitative estimate of drug-likeness (QED) is 0.694. The Morgan fingerprint density at radius 1 is 1.04 bits per heavy atom. The van der Waals surface area contributed by atoms with Crippen molar-refractivity contribution in [2.75, 3.05) is 7.05 Å². The summed E-state index contributed by atoms with van der Waals surface area (Å²) in [5.74, 6) is 0.739. The maximum atomic E-state index is 12.7. The number of rotatable bonds is 4. The fraction of sp³-hybridized carbons (Fsp3) is 0.364. The molecule has 4 nitrogen and oxygen atoms in total. The Hall–Kier alpha value is -2.62. The standard InChI is InChI=1S/C22H24N2O2/c1-24(18-13-11-17(12-14-18)16-7-3-2-4-8-16)22(25)15-20-19-9-5-6-10-21(19)26-23-20/h2-10,17-18H,11-15H2,1H3. The molecule has 1 aliphatic carbocycles. The Balaban J connectivity index is 1.37. The van der Waals surface area contributed by atoms with E-state index in [1.165, 1.54) is 5.56 Å². The van der Waals surface area contributed by atoms with E-state index in [0.717, 1.165) is 42.3 Å². The highest BCUT2D eigenvalue weighted by molar-refractivity contribution is 5.86. The average molecular weight is 348 g/mol. The second-order valence-corrected chi connectivity index (χ2v) is 7.22. The SMILES string of the molecule is CN(C(=O)Cc1noc2ccccc12)C1CCC(c2ccccc2)CC1. The molecule has 1 aromatic heterocycles. The third kappa shape index (κ3) is 3.36. The van der Waals surface area contributed by atoms with Gasteiger partial charge in [-0.2, -0.15) is 0 Å². The van der Waals surface area contributed by atoms with E-state index in [1.54, 1.807) is 0 Å². The van der Waals surface area contributed by atoms with Gasteiger partial charge in [0.05, 0.1) is 6.42 Å². The molecule has 134 valence electrons. The van der Waals surface area contributed by atoms with Crippen molar-refractivity contribution in [3.63, 3.8) is 0 Å². The highest BCUT2D eigenvalue weighted by Crippen LogP contribution is 2.34. The molecule has 0 saturated heterocycles. The van der Waals surface area contributed by atoms with Crippen molar-refractivity contribution in [2.24, 2.45) is 0 Å². The van der Waals surface area contributed by atoms with Crippen molar-refractivity contribution in [1.29, 1.82) is 0 Å². The second kappa shape index (κ2) is 7.32. The Kier molecular flexibility index (Phi) is 4.74. The number of nitrogens with zero attached hydrogens (tertiary/aromatic N) is 2. The van der Waals surface area contributed by atoms with Crippen molar-refractivity contribution in [1.82, 2.24) is 10.1 Å². The zero-order valence-electron chi connectivity index (χ0n) is 15.1. The summed E-state index contributed by atoms with van der Waals surface area (Å²) in [6, 6.07) is 18.7. The molecule has 0 spiro atoms. The van der Waals surface area contributed by atoms with Gasteiger partial charge >= 0.3 is 0 Å². The molecule has 0 N–H and O–H groups in total. The number of benzene rings is 2. The Morgan fingerprint density at radius 3 is 2.50 bits per heavy atom. The van der Waals surface area contributed by atoms with Crippen LogP contribution in [0.4, 0.5) is 0 Å². The normalized spacial score (nSPS) is 20.2. The summed E-state index contributed by atoms with van der Waals surface area (Å²) < 4.78 is 5.32. The first kappa shape index (κ1) is 16.8. The fourth-order valence-electron chi connectivity index (χ4n) is 4.06. The smallest absolute Gasteiger partial charge is 0.228 e. The number of amides is 1. The van der Waals surface area contributed by atoms with Gasteiger partial charge in [-0.25, -0.2) is 0 Å². The molecule has 1 saturated carbocycles. The van der Waals surface area contributed by atoms with Crippen LogP contribution in [-0.2, 0) is 11.2 Å². The van der Waals surface area contributed by atoms with E-state index in [1.807, 2.05) is 36.2 Å². The predicted molar refractivity (Wildman–Crippen MR) is 102 cm³/mol. The van der Waals surface area contributed by atoms with Gasteiger partial charge in [0, 0.05) is 18.5 Å². The molecule has 3 aromatic rings. The third-order valence-corrected chi connectivity index (χ3v) is 5.68. The lowest BCUT2D eigenvalue weighted by atomic mass is 9.81. The number of hydrogen-bond acceptors (Lipinski definition) is 3. The minimum Gasteiger partial charge on any atom is -0.356 e. The van der Waals surface area contributed by atoms with E-state index in [4.69, 9.17) is 4.52 Å². The summed E-state index contributed by atoms with van der Waals surface area (Å²) in [5, 5.41) is 5.02. The van der Waals surface area contributed by atoms with Gasteiger partial charge in [0.2, 0.25) is 5.91 Å². The van der Waals surface area contributed by atoms with E-state index in [9.17, 15) is 4.79 Å². The monoisotopic (exact) mass is 348 g/mol. The van der Waals surface area contributed by atoms with Crippen LogP contribution in [-0.4, -0.2) is 29.1 Å². The topological polar surface area (TPSA) is 46.3 Å². The van der Waals surface area contributed by atoms with Crippen molar-refractivity contribution < 1.29 is 9.32 Å². The first-order valence-electron chi connectivity index (χ1n) is 9.36. The molecule has 2 aromatic carbocycles. The Bertz CT molecular complexity index is 879. The molecule has 0 radical (unpaired) electrons. The average Bonchev–Trinajstić information content (AvgIpc) is 3.11. The van der Waals surface area contributed by atoms with Crippen LogP contribution in [0.1, 0.15) is 42.9 Å². The Morgan fingerprint density at radius 2 is 1.73 bits per heavy atom. The van der Waals surface area contributed by atoms with Gasteiger partial charge < -0.3 is 9.42 Å². The fourth-order valence-corrected chi connectivity index (χ4v) is 4.06. The third-order valence-electron chi connectivity index (χ3n) is 5.68. The molecule has 1 fully saturated rings. The zero-order chi connectivity index (χ0) is 17.9. The number of likely N-dealkylation sites (N-methyl/N-ethyl adjacent to an activating group) is 1. The molecular formula is C22H24N2O2. The molecular weight excluding hydrogens is 324 g/mol. The molecule has 0 bridgehead atoms. The Labute approximate surface area is 153 Å². The molecule has 26 heavy (non-hydrogen) atoms. The van der Waals surface area contributed by atoms with Crippen molar-refractivity contribution >= 4 is 16.9 Å². The lowest BCUT2D eigenvalue weighted by Crippen LogP contribution is -2.40. The van der Waals surface area contributed by atoms with Crippen LogP contribution in [0.2, 0.25) is 0 Å². The number of hydrogen-bond donors (Lipinski definition) is 0. The van der Waals surface area contributed by atoms with Crippen LogP contribution < -0.4 is 0 Å². The number of aromatic nitrogens is 1. The van der Waals surface area contributed by atoms with Gasteiger partial charge in [-0.15, -0.1) is 0 Å². The first-order valence-corrected chi connectivity index (χ1v) is 9.36. The first-order chi connectivity index (χ1) is 12.7. The van der Waals surface area contributed by atoms with Crippen molar-refractivity contribution in [3.8, 4) is 0 Å². The van der Waals surface area contributed by atoms with Gasteiger partial charge in [-0.3, -0.25) is 4.79 Å². The lowest BCUT2D eigenvalue weighted by molar-refractivity contribution is -0.131. The van der Waals surface area contributed by atoms with Gasteiger partial charge in [0.15, 0.2) is 5.58 Å². The maximum Gasteiger partial charge on any atom is 0.228 e. The number of fused-ring (bicyclic) bond motifs is 1.